The Morgan fingerprint density at radius 2 is 2.22 bits per heavy atom. The summed E-state index contributed by atoms with van der Waals surface area (Å²) < 4.78 is 10.7. The average Bonchev–Trinajstić information content (AvgIpc) is 2.94. The van der Waals surface area contributed by atoms with Gasteiger partial charge >= 0.3 is 11.9 Å². The Bertz CT molecular complexity index is 676. The number of allylic oxidation sites excluding steroid dienone is 1. The third kappa shape index (κ3) is 4.54. The fourth-order valence-electron chi connectivity index (χ4n) is 3.18. The second-order valence-corrected chi connectivity index (χ2v) is 6.92. The highest BCUT2D eigenvalue weighted by atomic mass is 16.6. The fourth-order valence-corrected chi connectivity index (χ4v) is 3.18. The number of carbonyl (C=O) groups is 3. The van der Waals surface area contributed by atoms with Gasteiger partial charge in [-0.05, 0) is 30.9 Å². The van der Waals surface area contributed by atoms with E-state index in [2.05, 4.69) is 6.58 Å². The van der Waals surface area contributed by atoms with Crippen molar-refractivity contribution in [1.29, 1.82) is 0 Å². The zero-order valence-electron chi connectivity index (χ0n) is 15.6. The molecule has 0 saturated carbocycles. The van der Waals surface area contributed by atoms with Crippen molar-refractivity contribution in [2.45, 2.75) is 51.4 Å². The Hall–Kier alpha value is -2.25. The Morgan fingerprint density at radius 3 is 2.81 bits per heavy atom. The quantitative estimate of drug-likeness (QED) is 0.320. The van der Waals surface area contributed by atoms with Gasteiger partial charge in [-0.2, -0.15) is 0 Å². The summed E-state index contributed by atoms with van der Waals surface area (Å²) in [5, 5.41) is 20.5. The number of rotatable bonds is 5. The lowest BCUT2D eigenvalue weighted by molar-refractivity contribution is -0.159. The van der Waals surface area contributed by atoms with E-state index in [1.54, 1.807) is 19.1 Å². The van der Waals surface area contributed by atoms with E-state index in [1.165, 1.54) is 0 Å². The minimum absolute atomic E-state index is 0.0384. The summed E-state index contributed by atoms with van der Waals surface area (Å²) in [5.41, 5.74) is 0.775. The first-order valence-electron chi connectivity index (χ1n) is 9.08. The molecule has 7 nitrogen and oxygen atoms in total. The van der Waals surface area contributed by atoms with Gasteiger partial charge in [0.05, 0.1) is 18.4 Å². The number of aldehydes is 1. The third-order valence-corrected chi connectivity index (χ3v) is 5.11. The van der Waals surface area contributed by atoms with Gasteiger partial charge < -0.3 is 19.7 Å². The van der Waals surface area contributed by atoms with E-state index in [4.69, 9.17) is 9.47 Å². The summed E-state index contributed by atoms with van der Waals surface area (Å²) in [6, 6.07) is 0. The molecule has 1 aliphatic carbocycles. The third-order valence-electron chi connectivity index (χ3n) is 5.11. The van der Waals surface area contributed by atoms with Crippen LogP contribution in [0.25, 0.3) is 0 Å². The molecule has 0 aromatic carbocycles. The highest BCUT2D eigenvalue weighted by Gasteiger charge is 2.47. The van der Waals surface area contributed by atoms with Gasteiger partial charge in [-0.1, -0.05) is 26.5 Å². The number of hydrogen-bond acceptors (Lipinski definition) is 7. The van der Waals surface area contributed by atoms with Gasteiger partial charge in [0, 0.05) is 11.1 Å². The summed E-state index contributed by atoms with van der Waals surface area (Å²) in [5.74, 6) is -2.50. The molecule has 0 spiro atoms. The number of aliphatic hydroxyl groups is 2. The van der Waals surface area contributed by atoms with Crippen molar-refractivity contribution < 1.29 is 34.1 Å². The molecule has 5 atom stereocenters. The molecular formula is C20H26O7. The standard InChI is InChI=1S/C20H26O7/c1-4-11(2)19(24)27-18-14(10-22)7-5-6-13(9-21)8-15-16(17(18)23)12(3)20(25)26-15/h7-8,10-11,15-18,21,23H,3-6,9H2,1-2H3/b13-8-,14-7-/t11?,15-,16+,17+,18?/m1/s1. The topological polar surface area (TPSA) is 110 Å². The second-order valence-electron chi connectivity index (χ2n) is 6.92. The Balaban J connectivity index is 2.45. The SMILES string of the molecule is C=C1C(=O)O[C@@H]2/C=C(\CO)CC/C=C(/C=O)C(OC(=O)C(C)CC)[C@@H](O)[C@@H]12. The van der Waals surface area contributed by atoms with Crippen LogP contribution < -0.4 is 0 Å². The number of aliphatic hydroxyl groups excluding tert-OH is 2. The van der Waals surface area contributed by atoms with Crippen LogP contribution in [0.1, 0.15) is 33.1 Å². The Labute approximate surface area is 158 Å². The van der Waals surface area contributed by atoms with Crippen molar-refractivity contribution in [3.05, 3.63) is 35.5 Å². The monoisotopic (exact) mass is 378 g/mol. The van der Waals surface area contributed by atoms with Crippen molar-refractivity contribution in [3.63, 3.8) is 0 Å². The molecule has 0 radical (unpaired) electrons. The second kappa shape index (κ2) is 9.10. The van der Waals surface area contributed by atoms with Crippen molar-refractivity contribution in [2.24, 2.45) is 11.8 Å². The minimum atomic E-state index is -1.40. The van der Waals surface area contributed by atoms with E-state index >= 15 is 0 Å². The molecule has 1 heterocycles. The normalized spacial score (nSPS) is 33.6. The van der Waals surface area contributed by atoms with E-state index in [0.29, 0.717) is 31.1 Å². The largest absolute Gasteiger partial charge is 0.454 e. The minimum Gasteiger partial charge on any atom is -0.454 e. The van der Waals surface area contributed by atoms with Crippen LogP contribution >= 0.6 is 0 Å². The predicted octanol–water partition coefficient (Wildman–Crippen LogP) is 1.24. The molecule has 1 saturated heterocycles. The molecule has 0 bridgehead atoms. The van der Waals surface area contributed by atoms with Gasteiger partial charge in [0.15, 0.2) is 6.10 Å². The van der Waals surface area contributed by atoms with Crippen molar-refractivity contribution in [1.82, 2.24) is 0 Å². The van der Waals surface area contributed by atoms with Gasteiger partial charge in [0.25, 0.3) is 0 Å². The van der Waals surface area contributed by atoms with Gasteiger partial charge in [0.1, 0.15) is 18.5 Å². The molecule has 0 amide bonds. The summed E-state index contributed by atoms with van der Waals surface area (Å²) in [6.45, 7) is 6.97. The summed E-state index contributed by atoms with van der Waals surface area (Å²) in [4.78, 5) is 35.9. The molecule has 0 aromatic rings. The molecular weight excluding hydrogens is 352 g/mol. The van der Waals surface area contributed by atoms with Gasteiger partial charge in [-0.3, -0.25) is 9.59 Å². The van der Waals surface area contributed by atoms with Crippen LogP contribution in [0.2, 0.25) is 0 Å². The molecule has 1 fully saturated rings. The van der Waals surface area contributed by atoms with Crippen molar-refractivity contribution >= 4 is 18.2 Å². The molecule has 0 aromatic heterocycles. The number of ether oxygens (including phenoxy) is 2. The van der Waals surface area contributed by atoms with Crippen molar-refractivity contribution in [3.8, 4) is 0 Å². The lowest BCUT2D eigenvalue weighted by atomic mass is 9.83. The van der Waals surface area contributed by atoms with E-state index in [0.717, 1.165) is 0 Å². The van der Waals surface area contributed by atoms with Crippen LogP contribution in [0.5, 0.6) is 0 Å². The molecule has 2 N–H and O–H groups in total. The zero-order chi connectivity index (χ0) is 20.1. The number of fused-ring (bicyclic) bond motifs is 1. The number of carbonyl (C=O) groups excluding carboxylic acids is 3. The molecule has 27 heavy (non-hydrogen) atoms. The highest BCUT2D eigenvalue weighted by molar-refractivity contribution is 5.91. The lowest BCUT2D eigenvalue weighted by Crippen LogP contribution is -2.43. The molecule has 7 heteroatoms. The van der Waals surface area contributed by atoms with E-state index < -0.39 is 42.1 Å². The molecule has 148 valence electrons. The number of hydrogen-bond donors (Lipinski definition) is 2. The smallest absolute Gasteiger partial charge is 0.334 e. The maximum absolute atomic E-state index is 12.3. The van der Waals surface area contributed by atoms with E-state index in [-0.39, 0.29) is 17.8 Å². The Morgan fingerprint density at radius 1 is 1.52 bits per heavy atom. The van der Waals surface area contributed by atoms with Crippen LogP contribution in [-0.2, 0) is 23.9 Å². The predicted molar refractivity (Wildman–Crippen MR) is 96.4 cm³/mol. The molecule has 2 rings (SSSR count). The first-order chi connectivity index (χ1) is 12.8. The first kappa shape index (κ1) is 21.1. The molecule has 1 aliphatic heterocycles. The van der Waals surface area contributed by atoms with Crippen LogP contribution in [-0.4, -0.2) is 53.4 Å². The van der Waals surface area contributed by atoms with E-state index in [1.807, 2.05) is 6.92 Å². The van der Waals surface area contributed by atoms with Crippen LogP contribution in [0.15, 0.2) is 35.5 Å². The summed E-state index contributed by atoms with van der Waals surface area (Å²) in [6.07, 6.45) is 1.62. The van der Waals surface area contributed by atoms with Gasteiger partial charge in [0.2, 0.25) is 0 Å². The maximum Gasteiger partial charge on any atom is 0.334 e. The first-order valence-corrected chi connectivity index (χ1v) is 9.08. The zero-order valence-corrected chi connectivity index (χ0v) is 15.6. The lowest BCUT2D eigenvalue weighted by Gasteiger charge is -2.30. The number of esters is 2. The van der Waals surface area contributed by atoms with Crippen LogP contribution in [0.4, 0.5) is 0 Å². The molecule has 2 unspecified atom stereocenters. The van der Waals surface area contributed by atoms with Crippen molar-refractivity contribution in [2.75, 3.05) is 6.61 Å². The fraction of sp³-hybridized carbons (Fsp3) is 0.550. The van der Waals surface area contributed by atoms with E-state index in [9.17, 15) is 24.6 Å². The summed E-state index contributed by atoms with van der Waals surface area (Å²) in [7, 11) is 0. The highest BCUT2D eigenvalue weighted by Crippen LogP contribution is 2.35. The average molecular weight is 378 g/mol. The molecule has 2 aliphatic rings. The maximum atomic E-state index is 12.3. The van der Waals surface area contributed by atoms with Crippen LogP contribution in [0.3, 0.4) is 0 Å². The Kier molecular flexibility index (Phi) is 7.10. The van der Waals surface area contributed by atoms with Gasteiger partial charge in [-0.25, -0.2) is 4.79 Å². The summed E-state index contributed by atoms with van der Waals surface area (Å²) >= 11 is 0. The van der Waals surface area contributed by atoms with Crippen LogP contribution in [0, 0.1) is 11.8 Å². The van der Waals surface area contributed by atoms with Gasteiger partial charge in [-0.15, -0.1) is 0 Å².